The smallest absolute Gasteiger partial charge is 0.0750 e. The monoisotopic (exact) mass is 238 g/mol. The van der Waals surface area contributed by atoms with Gasteiger partial charge in [-0.25, -0.2) is 0 Å². The van der Waals surface area contributed by atoms with Gasteiger partial charge in [0.15, 0.2) is 0 Å². The molecule has 4 unspecified atom stereocenters. The lowest BCUT2D eigenvalue weighted by Gasteiger charge is -2.51. The van der Waals surface area contributed by atoms with Gasteiger partial charge in [0.05, 0.1) is 11.7 Å². The van der Waals surface area contributed by atoms with Crippen LogP contribution in [0.3, 0.4) is 0 Å². The number of aliphatic hydroxyl groups is 2. The van der Waals surface area contributed by atoms with Gasteiger partial charge in [-0.15, -0.1) is 0 Å². The van der Waals surface area contributed by atoms with E-state index in [1.807, 2.05) is 13.8 Å². The molecule has 0 aliphatic heterocycles. The molecule has 0 amide bonds. The van der Waals surface area contributed by atoms with Crippen LogP contribution in [0.2, 0.25) is 0 Å². The molecule has 2 aliphatic carbocycles. The van der Waals surface area contributed by atoms with Gasteiger partial charge in [-0.05, 0) is 68.8 Å². The normalized spacial score (nSPS) is 43.4. The zero-order valence-corrected chi connectivity index (χ0v) is 11.4. The Labute approximate surface area is 105 Å². The van der Waals surface area contributed by atoms with Crippen molar-refractivity contribution in [1.82, 2.24) is 0 Å². The van der Waals surface area contributed by atoms with Crippen LogP contribution in [0, 0.1) is 17.3 Å². The molecule has 4 atom stereocenters. The van der Waals surface area contributed by atoms with Gasteiger partial charge in [0.2, 0.25) is 0 Å². The third-order valence-corrected chi connectivity index (χ3v) is 5.29. The number of hydrogen-bond donors (Lipinski definition) is 2. The van der Waals surface area contributed by atoms with Crippen molar-refractivity contribution < 1.29 is 10.2 Å². The lowest BCUT2D eigenvalue weighted by Crippen LogP contribution is -2.46. The Morgan fingerprint density at radius 3 is 2.47 bits per heavy atom. The summed E-state index contributed by atoms with van der Waals surface area (Å²) < 4.78 is 0. The van der Waals surface area contributed by atoms with Gasteiger partial charge in [-0.2, -0.15) is 0 Å². The molecule has 2 rings (SSSR count). The predicted octanol–water partition coefficient (Wildman–Crippen LogP) is 2.89. The second-order valence-corrected chi connectivity index (χ2v) is 6.96. The van der Waals surface area contributed by atoms with Crippen LogP contribution in [0.15, 0.2) is 12.2 Å². The first kappa shape index (κ1) is 13.1. The molecule has 0 bridgehead atoms. The maximum absolute atomic E-state index is 10.2. The molecule has 0 aromatic heterocycles. The van der Waals surface area contributed by atoms with E-state index in [-0.39, 0.29) is 6.10 Å². The van der Waals surface area contributed by atoms with Gasteiger partial charge in [-0.1, -0.05) is 13.5 Å². The average molecular weight is 238 g/mol. The molecular formula is C15H26O2. The fraction of sp³-hybridized carbons (Fsp3) is 0.867. The van der Waals surface area contributed by atoms with Crippen molar-refractivity contribution in [2.24, 2.45) is 17.3 Å². The highest BCUT2D eigenvalue weighted by Crippen LogP contribution is 2.54. The van der Waals surface area contributed by atoms with Crippen molar-refractivity contribution in [2.75, 3.05) is 0 Å². The molecule has 2 saturated carbocycles. The molecule has 0 radical (unpaired) electrons. The number of aliphatic hydroxyl groups excluding tert-OH is 1. The van der Waals surface area contributed by atoms with Crippen LogP contribution in [0.5, 0.6) is 0 Å². The van der Waals surface area contributed by atoms with Crippen LogP contribution in [-0.2, 0) is 0 Å². The van der Waals surface area contributed by atoms with E-state index in [0.29, 0.717) is 17.3 Å². The summed E-state index contributed by atoms with van der Waals surface area (Å²) in [5.74, 6) is 0.721. The van der Waals surface area contributed by atoms with Gasteiger partial charge in [0.25, 0.3) is 0 Å². The Hall–Kier alpha value is -0.340. The third kappa shape index (κ3) is 2.30. The lowest BCUT2D eigenvalue weighted by atomic mass is 9.55. The van der Waals surface area contributed by atoms with Crippen LogP contribution in [-0.4, -0.2) is 21.9 Å². The van der Waals surface area contributed by atoms with Crippen LogP contribution >= 0.6 is 0 Å². The Morgan fingerprint density at radius 1 is 1.29 bits per heavy atom. The van der Waals surface area contributed by atoms with Gasteiger partial charge in [-0.3, -0.25) is 0 Å². The highest BCUT2D eigenvalue weighted by molar-refractivity contribution is 5.17. The summed E-state index contributed by atoms with van der Waals surface area (Å²) in [6, 6.07) is 0. The number of rotatable bonds is 1. The van der Waals surface area contributed by atoms with Crippen LogP contribution < -0.4 is 0 Å². The molecule has 0 aromatic carbocycles. The minimum Gasteiger partial charge on any atom is -0.390 e. The van der Waals surface area contributed by atoms with E-state index < -0.39 is 5.60 Å². The topological polar surface area (TPSA) is 40.5 Å². The van der Waals surface area contributed by atoms with Gasteiger partial charge >= 0.3 is 0 Å². The van der Waals surface area contributed by atoms with Crippen LogP contribution in [0.1, 0.15) is 52.9 Å². The molecule has 0 heterocycles. The molecule has 98 valence electrons. The van der Waals surface area contributed by atoms with E-state index in [1.54, 1.807) is 0 Å². The second kappa shape index (κ2) is 4.10. The van der Waals surface area contributed by atoms with Gasteiger partial charge in [0.1, 0.15) is 0 Å². The van der Waals surface area contributed by atoms with Gasteiger partial charge < -0.3 is 10.2 Å². The van der Waals surface area contributed by atoms with E-state index in [4.69, 9.17) is 0 Å². The lowest BCUT2D eigenvalue weighted by molar-refractivity contribution is -0.0509. The van der Waals surface area contributed by atoms with E-state index in [1.165, 1.54) is 0 Å². The van der Waals surface area contributed by atoms with Crippen molar-refractivity contribution in [1.29, 1.82) is 0 Å². The summed E-state index contributed by atoms with van der Waals surface area (Å²) >= 11 is 0. The summed E-state index contributed by atoms with van der Waals surface area (Å²) in [6.07, 6.45) is 4.86. The maximum Gasteiger partial charge on any atom is 0.0750 e. The van der Waals surface area contributed by atoms with Crippen molar-refractivity contribution in [3.63, 3.8) is 0 Å². The molecule has 2 heteroatoms. The quantitative estimate of drug-likeness (QED) is 0.690. The summed E-state index contributed by atoms with van der Waals surface area (Å²) in [6.45, 7) is 10.2. The van der Waals surface area contributed by atoms with E-state index in [9.17, 15) is 10.2 Å². The van der Waals surface area contributed by atoms with E-state index >= 15 is 0 Å². The van der Waals surface area contributed by atoms with Crippen molar-refractivity contribution in [3.05, 3.63) is 12.2 Å². The highest BCUT2D eigenvalue weighted by Gasteiger charge is 2.47. The Kier molecular flexibility index (Phi) is 3.16. The molecule has 2 aliphatic rings. The summed E-state index contributed by atoms with van der Waals surface area (Å²) in [7, 11) is 0. The fourth-order valence-electron chi connectivity index (χ4n) is 3.79. The minimum atomic E-state index is -0.607. The molecule has 2 fully saturated rings. The highest BCUT2D eigenvalue weighted by atomic mass is 16.3. The Balaban J connectivity index is 2.18. The minimum absolute atomic E-state index is 0.304. The summed E-state index contributed by atoms with van der Waals surface area (Å²) in [4.78, 5) is 0. The first-order valence-electron chi connectivity index (χ1n) is 6.83. The molecule has 2 N–H and O–H groups in total. The molecular weight excluding hydrogens is 212 g/mol. The van der Waals surface area contributed by atoms with E-state index in [0.717, 1.165) is 37.7 Å². The zero-order valence-electron chi connectivity index (χ0n) is 11.4. The zero-order chi connectivity index (χ0) is 12.8. The summed E-state index contributed by atoms with van der Waals surface area (Å²) in [5.41, 5.74) is 0.704. The largest absolute Gasteiger partial charge is 0.390 e. The average Bonchev–Trinajstić information content (AvgIpc) is 2.22. The molecule has 0 spiro atoms. The van der Waals surface area contributed by atoms with Gasteiger partial charge in [0, 0.05) is 0 Å². The number of fused-ring (bicyclic) bond motifs is 1. The van der Waals surface area contributed by atoms with Crippen LogP contribution in [0.4, 0.5) is 0 Å². The summed E-state index contributed by atoms with van der Waals surface area (Å²) in [5, 5.41) is 20.1. The third-order valence-electron chi connectivity index (χ3n) is 5.29. The van der Waals surface area contributed by atoms with Crippen molar-refractivity contribution >= 4 is 0 Å². The predicted molar refractivity (Wildman–Crippen MR) is 69.6 cm³/mol. The fourth-order valence-corrected chi connectivity index (χ4v) is 3.79. The molecule has 0 aromatic rings. The van der Waals surface area contributed by atoms with Crippen LogP contribution in [0.25, 0.3) is 0 Å². The molecule has 2 nitrogen and oxygen atoms in total. The Morgan fingerprint density at radius 2 is 1.88 bits per heavy atom. The Bertz CT molecular complexity index is 315. The van der Waals surface area contributed by atoms with Crippen molar-refractivity contribution in [2.45, 2.75) is 64.6 Å². The second-order valence-electron chi connectivity index (χ2n) is 6.96. The van der Waals surface area contributed by atoms with Crippen molar-refractivity contribution in [3.8, 4) is 0 Å². The first-order valence-corrected chi connectivity index (χ1v) is 6.83. The van der Waals surface area contributed by atoms with E-state index in [2.05, 4.69) is 13.5 Å². The molecule has 17 heavy (non-hydrogen) atoms. The SMILES string of the molecule is C=C1C(O)CCC2(C)CCC(C(C)(C)O)CC12. The maximum atomic E-state index is 10.2. The first-order chi connectivity index (χ1) is 7.74. The molecule has 0 saturated heterocycles. The number of hydrogen-bond acceptors (Lipinski definition) is 2. The standard InChI is InChI=1S/C15H26O2/c1-10-12-9-11(14(2,3)17)5-7-15(12,4)8-6-13(10)16/h11-13,16-17H,1,5-9H2,2-4H3.